The van der Waals surface area contributed by atoms with Crippen molar-refractivity contribution < 1.29 is 9.53 Å². The molecule has 2 heterocycles. The number of benzene rings is 1. The van der Waals surface area contributed by atoms with E-state index in [1.807, 2.05) is 29.1 Å². The first kappa shape index (κ1) is 21.3. The van der Waals surface area contributed by atoms with E-state index in [0.717, 1.165) is 37.2 Å². The maximum atomic E-state index is 13.2. The minimum Gasteiger partial charge on any atom is -0.497 e. The van der Waals surface area contributed by atoms with Crippen LogP contribution in [0.2, 0.25) is 0 Å². The molecule has 3 rings (SSSR count). The van der Waals surface area contributed by atoms with E-state index in [1.165, 1.54) is 0 Å². The number of halogens is 1. The summed E-state index contributed by atoms with van der Waals surface area (Å²) in [5, 5.41) is 10.9. The van der Waals surface area contributed by atoms with E-state index < -0.39 is 5.54 Å². The van der Waals surface area contributed by atoms with Crippen molar-refractivity contribution in [3.63, 3.8) is 0 Å². The van der Waals surface area contributed by atoms with Crippen LogP contribution in [0, 0.1) is 0 Å². The van der Waals surface area contributed by atoms with Gasteiger partial charge in [0.05, 0.1) is 7.11 Å². The monoisotopic (exact) mass is 392 g/mol. The molecule has 1 aromatic carbocycles. The highest BCUT2D eigenvalue weighted by molar-refractivity contribution is 5.85. The van der Waals surface area contributed by atoms with Gasteiger partial charge in [0.25, 0.3) is 0 Å². The van der Waals surface area contributed by atoms with Crippen molar-refractivity contribution in [2.75, 3.05) is 26.7 Å². The second-order valence-electron chi connectivity index (χ2n) is 7.53. The van der Waals surface area contributed by atoms with Crippen molar-refractivity contribution in [1.29, 1.82) is 0 Å². The van der Waals surface area contributed by atoms with E-state index in [2.05, 4.69) is 41.7 Å². The summed E-state index contributed by atoms with van der Waals surface area (Å²) in [5.74, 6) is 0.880. The lowest BCUT2D eigenvalue weighted by Gasteiger charge is -2.37. The summed E-state index contributed by atoms with van der Waals surface area (Å²) in [6.45, 7) is 6.47. The van der Waals surface area contributed by atoms with E-state index in [-0.39, 0.29) is 23.7 Å². The lowest BCUT2D eigenvalue weighted by Crippen LogP contribution is -2.56. The first-order valence-electron chi connectivity index (χ1n) is 9.12. The molecule has 1 aromatic heterocycles. The molecule has 2 aromatic rings. The molecule has 1 fully saturated rings. The minimum absolute atomic E-state index is 0. The molecule has 0 saturated carbocycles. The number of hydrogen-bond donors (Lipinski definition) is 2. The summed E-state index contributed by atoms with van der Waals surface area (Å²) < 4.78 is 7.05. The van der Waals surface area contributed by atoms with Gasteiger partial charge in [-0.15, -0.1) is 12.4 Å². The summed E-state index contributed by atoms with van der Waals surface area (Å²) in [6, 6.07) is 9.89. The zero-order chi connectivity index (χ0) is 18.6. The van der Waals surface area contributed by atoms with Crippen molar-refractivity contribution >= 4 is 18.3 Å². The molecule has 1 aliphatic heterocycles. The fraction of sp³-hybridized carbons (Fsp3) is 0.500. The molecule has 0 unspecified atom stereocenters. The molecular formula is C20H29ClN4O2. The van der Waals surface area contributed by atoms with Crippen LogP contribution in [-0.4, -0.2) is 42.4 Å². The minimum atomic E-state index is -0.606. The number of nitrogens with zero attached hydrogens (tertiary/aromatic N) is 2. The molecule has 27 heavy (non-hydrogen) atoms. The number of hydrogen-bond acceptors (Lipinski definition) is 4. The molecule has 148 valence electrons. The first-order chi connectivity index (χ1) is 12.5. The third kappa shape index (κ3) is 4.45. The first-order valence-corrected chi connectivity index (χ1v) is 9.12. The lowest BCUT2D eigenvalue weighted by atomic mass is 9.83. The number of rotatable bonds is 6. The second kappa shape index (κ2) is 8.76. The molecule has 1 amide bonds. The van der Waals surface area contributed by atoms with Gasteiger partial charge in [0.15, 0.2) is 0 Å². The van der Waals surface area contributed by atoms with Crippen LogP contribution in [-0.2, 0) is 15.7 Å². The van der Waals surface area contributed by atoms with Gasteiger partial charge < -0.3 is 15.4 Å². The van der Waals surface area contributed by atoms with E-state index >= 15 is 0 Å². The van der Waals surface area contributed by atoms with Gasteiger partial charge in [0.1, 0.15) is 11.3 Å². The quantitative estimate of drug-likeness (QED) is 0.792. The second-order valence-corrected chi connectivity index (χ2v) is 7.53. The van der Waals surface area contributed by atoms with Crippen LogP contribution in [0.25, 0.3) is 0 Å². The number of methoxy groups -OCH3 is 1. The third-order valence-corrected chi connectivity index (χ3v) is 5.36. The van der Waals surface area contributed by atoms with E-state index in [9.17, 15) is 4.79 Å². The summed E-state index contributed by atoms with van der Waals surface area (Å²) in [7, 11) is 1.66. The summed E-state index contributed by atoms with van der Waals surface area (Å²) >= 11 is 0. The number of carbonyl (C=O) groups excluding carboxylic acids is 1. The van der Waals surface area contributed by atoms with Gasteiger partial charge in [0.2, 0.25) is 5.91 Å². The highest BCUT2D eigenvalue weighted by Gasteiger charge is 2.42. The van der Waals surface area contributed by atoms with Gasteiger partial charge in [-0.25, -0.2) is 0 Å². The van der Waals surface area contributed by atoms with Crippen LogP contribution < -0.4 is 15.4 Å². The molecular weight excluding hydrogens is 364 g/mol. The Morgan fingerprint density at radius 2 is 1.96 bits per heavy atom. The average Bonchev–Trinajstić information content (AvgIpc) is 3.22. The van der Waals surface area contributed by atoms with Crippen molar-refractivity contribution in [3.8, 4) is 5.75 Å². The van der Waals surface area contributed by atoms with Crippen molar-refractivity contribution in [2.45, 2.75) is 37.6 Å². The summed E-state index contributed by atoms with van der Waals surface area (Å²) in [4.78, 5) is 13.2. The highest BCUT2D eigenvalue weighted by Crippen LogP contribution is 2.29. The Bertz CT molecular complexity index is 723. The van der Waals surface area contributed by atoms with Crippen LogP contribution in [0.1, 0.15) is 32.3 Å². The SMILES string of the molecule is COc1ccc(C(C)(C)CNC(=O)C2(n3cccn3)CCNCC2)cc1.Cl. The number of piperidine rings is 1. The maximum Gasteiger partial charge on any atom is 0.248 e. The van der Waals surface area contributed by atoms with Gasteiger partial charge in [0, 0.05) is 24.4 Å². The smallest absolute Gasteiger partial charge is 0.248 e. The molecule has 0 radical (unpaired) electrons. The van der Waals surface area contributed by atoms with E-state index in [4.69, 9.17) is 4.74 Å². The Balaban J connectivity index is 0.00000261. The fourth-order valence-electron chi connectivity index (χ4n) is 3.53. The fourth-order valence-corrected chi connectivity index (χ4v) is 3.53. The predicted molar refractivity (Wildman–Crippen MR) is 109 cm³/mol. The Morgan fingerprint density at radius 3 is 2.52 bits per heavy atom. The number of nitrogens with one attached hydrogen (secondary N) is 2. The molecule has 2 N–H and O–H groups in total. The zero-order valence-corrected chi connectivity index (χ0v) is 17.0. The number of aromatic nitrogens is 2. The standard InChI is InChI=1S/C20H28N4O2.ClH/c1-19(2,16-5-7-17(26-3)8-6-16)15-22-18(25)20(9-12-21-13-10-20)24-14-4-11-23-24;/h4-8,11,14,21H,9-10,12-13,15H2,1-3H3,(H,22,25);1H. The Morgan fingerprint density at radius 1 is 1.30 bits per heavy atom. The molecule has 0 bridgehead atoms. The van der Waals surface area contributed by atoms with Gasteiger partial charge >= 0.3 is 0 Å². The van der Waals surface area contributed by atoms with Gasteiger partial charge in [-0.2, -0.15) is 5.10 Å². The van der Waals surface area contributed by atoms with Gasteiger partial charge in [-0.3, -0.25) is 9.48 Å². The largest absolute Gasteiger partial charge is 0.497 e. The predicted octanol–water partition coefficient (Wildman–Crippen LogP) is 2.49. The third-order valence-electron chi connectivity index (χ3n) is 5.36. The molecule has 0 atom stereocenters. The normalized spacial score (nSPS) is 16.3. The van der Waals surface area contributed by atoms with Gasteiger partial charge in [-0.05, 0) is 49.7 Å². The van der Waals surface area contributed by atoms with Gasteiger partial charge in [-0.1, -0.05) is 26.0 Å². The summed E-state index contributed by atoms with van der Waals surface area (Å²) in [5.41, 5.74) is 0.377. The number of carbonyl (C=O) groups is 1. The summed E-state index contributed by atoms with van der Waals surface area (Å²) in [6.07, 6.45) is 5.10. The lowest BCUT2D eigenvalue weighted by molar-refractivity contribution is -0.132. The van der Waals surface area contributed by atoms with Crippen molar-refractivity contribution in [1.82, 2.24) is 20.4 Å². The van der Waals surface area contributed by atoms with E-state index in [0.29, 0.717) is 6.54 Å². The van der Waals surface area contributed by atoms with Crippen LogP contribution in [0.3, 0.4) is 0 Å². The molecule has 6 nitrogen and oxygen atoms in total. The van der Waals surface area contributed by atoms with Crippen molar-refractivity contribution in [3.05, 3.63) is 48.3 Å². The van der Waals surface area contributed by atoms with Crippen LogP contribution in [0.5, 0.6) is 5.75 Å². The van der Waals surface area contributed by atoms with Crippen molar-refractivity contribution in [2.24, 2.45) is 0 Å². The molecule has 0 aliphatic carbocycles. The van der Waals surface area contributed by atoms with Crippen LogP contribution in [0.15, 0.2) is 42.7 Å². The Labute approximate surface area is 167 Å². The Kier molecular flexibility index (Phi) is 6.89. The molecule has 1 aliphatic rings. The van der Waals surface area contributed by atoms with Crippen LogP contribution >= 0.6 is 12.4 Å². The topological polar surface area (TPSA) is 68.2 Å². The number of ether oxygens (including phenoxy) is 1. The average molecular weight is 393 g/mol. The molecule has 0 spiro atoms. The maximum absolute atomic E-state index is 13.2. The highest BCUT2D eigenvalue weighted by atomic mass is 35.5. The van der Waals surface area contributed by atoms with E-state index in [1.54, 1.807) is 13.3 Å². The molecule has 7 heteroatoms. The number of amides is 1. The van der Waals surface area contributed by atoms with Crippen LogP contribution in [0.4, 0.5) is 0 Å². The Hall–Kier alpha value is -2.05. The zero-order valence-electron chi connectivity index (χ0n) is 16.2. The molecule has 1 saturated heterocycles.